The minimum atomic E-state index is -2.54. The van der Waals surface area contributed by atoms with Gasteiger partial charge in [-0.15, -0.1) is 0 Å². The molecule has 1 aromatic carbocycles. The van der Waals surface area contributed by atoms with Gasteiger partial charge in [-0.25, -0.2) is 4.21 Å². The molecule has 0 aliphatic carbocycles. The molecule has 2 nitrogen and oxygen atoms in total. The van der Waals surface area contributed by atoms with E-state index < -0.39 is 8.77 Å². The molecule has 0 amide bonds. The molecule has 12 heavy (non-hydrogen) atoms. The Balaban J connectivity index is 2.78. The third-order valence-corrected chi connectivity index (χ3v) is 3.40. The molecule has 0 spiro atoms. The first kappa shape index (κ1) is 9.64. The van der Waals surface area contributed by atoms with Crippen molar-refractivity contribution in [2.45, 2.75) is 5.75 Å². The molecule has 0 aromatic heterocycles. The van der Waals surface area contributed by atoms with E-state index in [2.05, 4.69) is 4.18 Å². The van der Waals surface area contributed by atoms with Gasteiger partial charge in [0, 0.05) is 11.2 Å². The van der Waals surface area contributed by atoms with E-state index in [0.29, 0.717) is 5.75 Å². The Labute approximate surface area is 77.4 Å². The van der Waals surface area contributed by atoms with Crippen molar-refractivity contribution in [2.75, 3.05) is 7.11 Å². The van der Waals surface area contributed by atoms with Gasteiger partial charge in [0.15, 0.2) is 0 Å². The normalized spacial score (nSPS) is 15.4. The van der Waals surface area contributed by atoms with Gasteiger partial charge in [-0.2, -0.15) is 0 Å². The van der Waals surface area contributed by atoms with Gasteiger partial charge in [-0.1, -0.05) is 30.3 Å². The molecule has 1 atom stereocenters. The van der Waals surface area contributed by atoms with Crippen LogP contribution in [0.25, 0.3) is 0 Å². The van der Waals surface area contributed by atoms with E-state index in [1.807, 2.05) is 30.3 Å². The maximum atomic E-state index is 11.3. The number of hydrogen-bond acceptors (Lipinski definition) is 3. The lowest BCUT2D eigenvalue weighted by Crippen LogP contribution is -2.03. The Hall–Kier alpha value is -0.450. The lowest BCUT2D eigenvalue weighted by molar-refractivity contribution is 0.443. The standard InChI is InChI=1S/C8H10O2S2/c1-10-12(9,11)7-8-5-3-2-4-6-8/h2-6H,7H2,1H3. The lowest BCUT2D eigenvalue weighted by Gasteiger charge is -2.03. The van der Waals surface area contributed by atoms with E-state index in [4.69, 9.17) is 11.2 Å². The molecule has 0 radical (unpaired) electrons. The summed E-state index contributed by atoms with van der Waals surface area (Å²) in [7, 11) is -1.17. The highest BCUT2D eigenvalue weighted by Crippen LogP contribution is 2.06. The molecule has 1 unspecified atom stereocenters. The highest BCUT2D eigenvalue weighted by Gasteiger charge is 2.04. The van der Waals surface area contributed by atoms with Gasteiger partial charge >= 0.3 is 0 Å². The van der Waals surface area contributed by atoms with Crippen LogP contribution in [0.5, 0.6) is 0 Å². The van der Waals surface area contributed by atoms with Crippen molar-refractivity contribution < 1.29 is 8.39 Å². The fraction of sp³-hybridized carbons (Fsp3) is 0.250. The monoisotopic (exact) mass is 202 g/mol. The second-order valence-electron chi connectivity index (χ2n) is 2.35. The predicted octanol–water partition coefficient (Wildman–Crippen LogP) is 1.49. The van der Waals surface area contributed by atoms with Gasteiger partial charge in [0.1, 0.15) is 8.77 Å². The summed E-state index contributed by atoms with van der Waals surface area (Å²) in [6.45, 7) is 0. The fourth-order valence-corrected chi connectivity index (χ4v) is 1.96. The van der Waals surface area contributed by atoms with E-state index in [-0.39, 0.29) is 0 Å². The zero-order valence-corrected chi connectivity index (χ0v) is 8.36. The first-order valence-electron chi connectivity index (χ1n) is 3.46. The van der Waals surface area contributed by atoms with Crippen LogP contribution < -0.4 is 0 Å². The molecular weight excluding hydrogens is 192 g/mol. The van der Waals surface area contributed by atoms with Crippen molar-refractivity contribution in [1.82, 2.24) is 0 Å². The van der Waals surface area contributed by atoms with E-state index in [9.17, 15) is 4.21 Å². The van der Waals surface area contributed by atoms with Crippen LogP contribution in [0.3, 0.4) is 0 Å². The number of benzene rings is 1. The van der Waals surface area contributed by atoms with Gasteiger partial charge in [0.2, 0.25) is 0 Å². The largest absolute Gasteiger partial charge is 0.293 e. The van der Waals surface area contributed by atoms with Crippen molar-refractivity contribution >= 4 is 20.0 Å². The smallest absolute Gasteiger partial charge is 0.148 e. The molecule has 4 heteroatoms. The van der Waals surface area contributed by atoms with Crippen molar-refractivity contribution in [3.8, 4) is 0 Å². The Morgan fingerprint density at radius 2 is 2.00 bits per heavy atom. The Kier molecular flexibility index (Phi) is 3.20. The summed E-state index contributed by atoms with van der Waals surface area (Å²) < 4.78 is 16.0. The van der Waals surface area contributed by atoms with E-state index in [1.165, 1.54) is 7.11 Å². The Bertz CT molecular complexity index is 329. The molecule has 0 saturated carbocycles. The van der Waals surface area contributed by atoms with Gasteiger partial charge in [-0.3, -0.25) is 4.18 Å². The molecule has 0 fully saturated rings. The van der Waals surface area contributed by atoms with Crippen LogP contribution in [0.15, 0.2) is 30.3 Å². The average Bonchev–Trinajstić information content (AvgIpc) is 2.06. The van der Waals surface area contributed by atoms with Crippen molar-refractivity contribution in [1.29, 1.82) is 0 Å². The average molecular weight is 202 g/mol. The van der Waals surface area contributed by atoms with Gasteiger partial charge < -0.3 is 0 Å². The van der Waals surface area contributed by atoms with E-state index in [0.717, 1.165) is 5.56 Å². The van der Waals surface area contributed by atoms with Crippen molar-refractivity contribution in [3.05, 3.63) is 35.9 Å². The van der Waals surface area contributed by atoms with Gasteiger partial charge in [0.05, 0.1) is 12.9 Å². The molecule has 0 saturated heterocycles. The molecule has 66 valence electrons. The minimum absolute atomic E-state index is 0.305. The Morgan fingerprint density at radius 3 is 2.50 bits per heavy atom. The second-order valence-corrected chi connectivity index (χ2v) is 5.62. The van der Waals surface area contributed by atoms with Gasteiger partial charge in [0.25, 0.3) is 0 Å². The van der Waals surface area contributed by atoms with Gasteiger partial charge in [-0.05, 0) is 5.56 Å². The molecule has 0 aliphatic rings. The van der Waals surface area contributed by atoms with Crippen LogP contribution in [-0.4, -0.2) is 11.3 Å². The third-order valence-electron chi connectivity index (χ3n) is 1.44. The first-order valence-corrected chi connectivity index (χ1v) is 6.04. The molecule has 0 N–H and O–H groups in total. The number of rotatable bonds is 3. The summed E-state index contributed by atoms with van der Waals surface area (Å²) in [6, 6.07) is 9.43. The molecule has 0 heterocycles. The molecule has 0 aliphatic heterocycles. The Morgan fingerprint density at radius 1 is 1.42 bits per heavy atom. The third kappa shape index (κ3) is 2.89. The summed E-state index contributed by atoms with van der Waals surface area (Å²) in [5, 5.41) is 0. The predicted molar refractivity (Wildman–Crippen MR) is 52.7 cm³/mol. The molecular formula is C8H10O2S2. The quantitative estimate of drug-likeness (QED) is 0.743. The zero-order chi connectivity index (χ0) is 9.03. The summed E-state index contributed by atoms with van der Waals surface area (Å²) in [5.41, 5.74) is 0.944. The van der Waals surface area contributed by atoms with E-state index in [1.54, 1.807) is 0 Å². The van der Waals surface area contributed by atoms with Crippen LogP contribution in [0.4, 0.5) is 0 Å². The van der Waals surface area contributed by atoms with Crippen LogP contribution in [0.1, 0.15) is 5.56 Å². The molecule has 1 rings (SSSR count). The first-order chi connectivity index (χ1) is 5.64. The van der Waals surface area contributed by atoms with E-state index >= 15 is 0 Å². The number of hydrogen-bond donors (Lipinski definition) is 0. The molecule has 0 bridgehead atoms. The van der Waals surface area contributed by atoms with Crippen molar-refractivity contribution in [2.24, 2.45) is 0 Å². The van der Waals surface area contributed by atoms with Crippen molar-refractivity contribution in [3.63, 3.8) is 0 Å². The maximum absolute atomic E-state index is 11.3. The second kappa shape index (κ2) is 3.98. The summed E-state index contributed by atoms with van der Waals surface area (Å²) in [5.74, 6) is 0.305. The SMILES string of the molecule is COS(=O)(=S)Cc1ccccc1. The topological polar surface area (TPSA) is 26.3 Å². The maximum Gasteiger partial charge on any atom is 0.148 e. The molecule has 1 aromatic rings. The lowest BCUT2D eigenvalue weighted by atomic mass is 10.2. The summed E-state index contributed by atoms with van der Waals surface area (Å²) in [4.78, 5) is 0. The highest BCUT2D eigenvalue weighted by atomic mass is 32.8. The zero-order valence-electron chi connectivity index (χ0n) is 6.73. The van der Waals surface area contributed by atoms with Crippen LogP contribution in [0, 0.1) is 0 Å². The summed E-state index contributed by atoms with van der Waals surface area (Å²) >= 11 is 4.73. The van der Waals surface area contributed by atoms with Crippen LogP contribution in [-0.2, 0) is 29.9 Å². The minimum Gasteiger partial charge on any atom is -0.293 e. The fourth-order valence-electron chi connectivity index (χ4n) is 0.837. The summed E-state index contributed by atoms with van der Waals surface area (Å²) in [6.07, 6.45) is 0. The highest BCUT2D eigenvalue weighted by molar-refractivity contribution is 8.29. The van der Waals surface area contributed by atoms with Crippen LogP contribution in [0.2, 0.25) is 0 Å². The van der Waals surface area contributed by atoms with Crippen LogP contribution >= 0.6 is 0 Å².